The van der Waals surface area contributed by atoms with Gasteiger partial charge in [0.1, 0.15) is 5.75 Å². The Morgan fingerprint density at radius 1 is 1.24 bits per heavy atom. The van der Waals surface area contributed by atoms with Crippen LogP contribution >= 0.6 is 54.5 Å². The Balaban J connectivity index is 1.87. The molecule has 0 N–H and O–H groups in total. The summed E-state index contributed by atoms with van der Waals surface area (Å²) in [5.41, 5.74) is 2.71. The van der Waals surface area contributed by atoms with Crippen molar-refractivity contribution in [3.8, 4) is 5.75 Å². The molecule has 29 heavy (non-hydrogen) atoms. The van der Waals surface area contributed by atoms with Crippen LogP contribution < -0.4 is 4.74 Å². The van der Waals surface area contributed by atoms with Crippen LogP contribution in [0.5, 0.6) is 5.75 Å². The van der Waals surface area contributed by atoms with Crippen molar-refractivity contribution >= 4 is 78.4 Å². The van der Waals surface area contributed by atoms with Crippen molar-refractivity contribution in [3.63, 3.8) is 0 Å². The number of benzene rings is 2. The van der Waals surface area contributed by atoms with Crippen LogP contribution in [-0.2, 0) is 19.1 Å². The van der Waals surface area contributed by atoms with Crippen molar-refractivity contribution in [1.82, 2.24) is 0 Å². The SMILES string of the molecule is COC(=O)COc1c(Br)cc(/C=C2\N=C(c3ccc(I)c(C)c3)OC2=O)cc1Br. The van der Waals surface area contributed by atoms with E-state index in [1.54, 1.807) is 18.2 Å². The topological polar surface area (TPSA) is 74.2 Å². The molecule has 0 saturated heterocycles. The Kier molecular flexibility index (Phi) is 7.12. The Hall–Kier alpha value is -1.72. The molecule has 9 heteroatoms. The highest BCUT2D eigenvalue weighted by Crippen LogP contribution is 2.36. The first-order valence-corrected chi connectivity index (χ1v) is 10.9. The average Bonchev–Trinajstić information content (AvgIpc) is 3.03. The van der Waals surface area contributed by atoms with Gasteiger partial charge in [0.25, 0.3) is 0 Å². The number of carbonyl (C=O) groups is 2. The molecule has 0 radical (unpaired) electrons. The average molecular weight is 635 g/mol. The monoisotopic (exact) mass is 633 g/mol. The van der Waals surface area contributed by atoms with Gasteiger partial charge in [-0.1, -0.05) is 0 Å². The van der Waals surface area contributed by atoms with E-state index in [4.69, 9.17) is 9.47 Å². The Morgan fingerprint density at radius 3 is 2.55 bits per heavy atom. The molecule has 1 heterocycles. The van der Waals surface area contributed by atoms with Gasteiger partial charge >= 0.3 is 11.9 Å². The largest absolute Gasteiger partial charge is 0.480 e. The molecule has 0 amide bonds. The summed E-state index contributed by atoms with van der Waals surface area (Å²) < 4.78 is 17.7. The molecule has 0 fully saturated rings. The summed E-state index contributed by atoms with van der Waals surface area (Å²) >= 11 is 9.06. The van der Waals surface area contributed by atoms with E-state index in [1.807, 2.05) is 25.1 Å². The van der Waals surface area contributed by atoms with Crippen LogP contribution in [0.15, 0.2) is 50.0 Å². The number of rotatable bonds is 5. The summed E-state index contributed by atoms with van der Waals surface area (Å²) in [5.74, 6) is -0.284. The maximum absolute atomic E-state index is 12.3. The molecule has 0 saturated carbocycles. The van der Waals surface area contributed by atoms with Crippen molar-refractivity contribution in [3.05, 3.63) is 65.2 Å². The summed E-state index contributed by atoms with van der Waals surface area (Å²) in [4.78, 5) is 27.9. The van der Waals surface area contributed by atoms with Crippen LogP contribution in [0.1, 0.15) is 16.7 Å². The first kappa shape index (κ1) is 22.0. The Morgan fingerprint density at radius 2 is 1.93 bits per heavy atom. The van der Waals surface area contributed by atoms with Crippen LogP contribution in [0, 0.1) is 10.5 Å². The number of cyclic esters (lactones) is 1. The second-order valence-corrected chi connectivity index (χ2v) is 8.85. The number of carbonyl (C=O) groups excluding carboxylic acids is 2. The second-order valence-electron chi connectivity index (χ2n) is 5.98. The third-order valence-corrected chi connectivity index (χ3v) is 6.30. The normalized spacial score (nSPS) is 14.6. The molecule has 0 aromatic heterocycles. The number of methoxy groups -OCH3 is 1. The number of aliphatic imine (C=N–C) groups is 1. The number of hydrogen-bond acceptors (Lipinski definition) is 6. The third-order valence-electron chi connectivity index (χ3n) is 3.91. The minimum atomic E-state index is -0.519. The van der Waals surface area contributed by atoms with Crippen LogP contribution in [0.25, 0.3) is 6.08 Å². The maximum atomic E-state index is 12.3. The molecule has 150 valence electrons. The van der Waals surface area contributed by atoms with Crippen LogP contribution in [-0.4, -0.2) is 31.6 Å². The van der Waals surface area contributed by atoms with E-state index in [0.29, 0.717) is 20.3 Å². The van der Waals surface area contributed by atoms with Gasteiger partial charge in [-0.15, -0.1) is 0 Å². The molecule has 0 atom stereocenters. The van der Waals surface area contributed by atoms with E-state index in [0.717, 1.165) is 14.7 Å². The summed E-state index contributed by atoms with van der Waals surface area (Å²) in [6, 6.07) is 9.24. The predicted molar refractivity (Wildman–Crippen MR) is 124 cm³/mol. The molecule has 0 aliphatic carbocycles. The lowest BCUT2D eigenvalue weighted by Gasteiger charge is -2.10. The Bertz CT molecular complexity index is 1040. The fourth-order valence-electron chi connectivity index (χ4n) is 2.46. The van der Waals surface area contributed by atoms with E-state index in [1.165, 1.54) is 7.11 Å². The van der Waals surface area contributed by atoms with Gasteiger partial charge in [0, 0.05) is 9.13 Å². The zero-order chi connectivity index (χ0) is 21.1. The molecular formula is C20H14Br2INO5. The minimum Gasteiger partial charge on any atom is -0.480 e. The van der Waals surface area contributed by atoms with Crippen molar-refractivity contribution < 1.29 is 23.8 Å². The van der Waals surface area contributed by atoms with Crippen LogP contribution in [0.3, 0.4) is 0 Å². The highest BCUT2D eigenvalue weighted by atomic mass is 127. The summed E-state index contributed by atoms with van der Waals surface area (Å²) in [6.07, 6.45) is 1.62. The maximum Gasteiger partial charge on any atom is 0.363 e. The minimum absolute atomic E-state index is 0.193. The fraction of sp³-hybridized carbons (Fsp3) is 0.150. The van der Waals surface area contributed by atoms with Crippen molar-refractivity contribution in [2.24, 2.45) is 4.99 Å². The lowest BCUT2D eigenvalue weighted by molar-refractivity contribution is -0.143. The summed E-state index contributed by atoms with van der Waals surface area (Å²) in [7, 11) is 1.29. The molecule has 3 rings (SSSR count). The van der Waals surface area contributed by atoms with E-state index in [2.05, 4.69) is 64.2 Å². The molecule has 1 aliphatic rings. The van der Waals surface area contributed by atoms with E-state index in [9.17, 15) is 9.59 Å². The number of esters is 2. The first-order valence-electron chi connectivity index (χ1n) is 8.26. The van der Waals surface area contributed by atoms with Gasteiger partial charge in [-0.25, -0.2) is 14.6 Å². The number of aryl methyl sites for hydroxylation is 1. The molecule has 6 nitrogen and oxygen atoms in total. The van der Waals surface area contributed by atoms with E-state index < -0.39 is 11.9 Å². The number of hydrogen-bond donors (Lipinski definition) is 0. The number of halogens is 3. The summed E-state index contributed by atoms with van der Waals surface area (Å²) in [6.45, 7) is 1.77. The smallest absolute Gasteiger partial charge is 0.363 e. The fourth-order valence-corrected chi connectivity index (χ4v) is 4.25. The van der Waals surface area contributed by atoms with Crippen molar-refractivity contribution in [2.75, 3.05) is 13.7 Å². The molecular weight excluding hydrogens is 621 g/mol. The molecule has 0 spiro atoms. The van der Waals surface area contributed by atoms with Gasteiger partial charge in [-0.05, 0) is 109 Å². The van der Waals surface area contributed by atoms with Gasteiger partial charge < -0.3 is 14.2 Å². The molecule has 2 aromatic carbocycles. The highest BCUT2D eigenvalue weighted by Gasteiger charge is 2.24. The van der Waals surface area contributed by atoms with Gasteiger partial charge in [0.2, 0.25) is 5.90 Å². The second kappa shape index (κ2) is 9.40. The molecule has 1 aliphatic heterocycles. The molecule has 2 aromatic rings. The van der Waals surface area contributed by atoms with Gasteiger partial charge in [-0.3, -0.25) is 0 Å². The third kappa shape index (κ3) is 5.26. The van der Waals surface area contributed by atoms with Crippen molar-refractivity contribution in [2.45, 2.75) is 6.92 Å². The van der Waals surface area contributed by atoms with Crippen LogP contribution in [0.4, 0.5) is 0 Å². The van der Waals surface area contributed by atoms with E-state index >= 15 is 0 Å². The Labute approximate surface area is 197 Å². The van der Waals surface area contributed by atoms with Crippen molar-refractivity contribution in [1.29, 1.82) is 0 Å². The number of nitrogens with zero attached hydrogens (tertiary/aromatic N) is 1. The van der Waals surface area contributed by atoms with Crippen LogP contribution in [0.2, 0.25) is 0 Å². The lowest BCUT2D eigenvalue weighted by Crippen LogP contribution is -2.13. The summed E-state index contributed by atoms with van der Waals surface area (Å²) in [5, 5.41) is 0. The first-order chi connectivity index (χ1) is 13.8. The van der Waals surface area contributed by atoms with Gasteiger partial charge in [0.05, 0.1) is 16.1 Å². The standard InChI is InChI=1S/C20H14Br2INO5/c1-10-5-12(3-4-15(10)23)19-24-16(20(26)29-19)8-11-6-13(21)18(14(22)7-11)28-9-17(25)27-2/h3-8H,9H2,1-2H3/b16-8-. The molecule has 0 unspecified atom stereocenters. The number of ether oxygens (including phenoxy) is 3. The highest BCUT2D eigenvalue weighted by molar-refractivity contribution is 14.1. The zero-order valence-electron chi connectivity index (χ0n) is 15.3. The van der Waals surface area contributed by atoms with Gasteiger partial charge in [0.15, 0.2) is 12.3 Å². The molecule has 0 bridgehead atoms. The quantitative estimate of drug-likeness (QED) is 0.262. The predicted octanol–water partition coefficient (Wildman–Crippen LogP) is 5.02. The van der Waals surface area contributed by atoms with E-state index in [-0.39, 0.29) is 18.2 Å². The zero-order valence-corrected chi connectivity index (χ0v) is 20.6. The lowest BCUT2D eigenvalue weighted by atomic mass is 10.1. The van der Waals surface area contributed by atoms with Gasteiger partial charge in [-0.2, -0.15) is 0 Å².